The van der Waals surface area contributed by atoms with Crippen LogP contribution in [0.1, 0.15) is 11.1 Å². The quantitative estimate of drug-likeness (QED) is 0.485. The van der Waals surface area contributed by atoms with Crippen molar-refractivity contribution in [3.63, 3.8) is 0 Å². The van der Waals surface area contributed by atoms with Crippen molar-refractivity contribution in [1.29, 1.82) is 0 Å². The number of halogens is 1. The second-order valence-corrected chi connectivity index (χ2v) is 7.13. The number of rotatable bonds is 5. The van der Waals surface area contributed by atoms with Gasteiger partial charge < -0.3 is 4.74 Å². The summed E-state index contributed by atoms with van der Waals surface area (Å²) >= 11 is 6.11. The van der Waals surface area contributed by atoms with Crippen molar-refractivity contribution in [3.05, 3.63) is 93.8 Å². The average molecular weight is 436 g/mol. The first-order valence-corrected chi connectivity index (χ1v) is 9.76. The minimum atomic E-state index is -0.623. The number of ether oxygens (including phenoxy) is 1. The zero-order valence-electron chi connectivity index (χ0n) is 16.5. The molecule has 0 aliphatic carbocycles. The Hall–Kier alpha value is -3.91. The Morgan fingerprint density at radius 2 is 2.06 bits per heavy atom. The highest BCUT2D eigenvalue weighted by molar-refractivity contribution is 6.33. The largest absolute Gasteiger partial charge is 0.444 e. The molecular weight excluding hydrogens is 418 g/mol. The summed E-state index contributed by atoms with van der Waals surface area (Å²) in [5, 5.41) is 5.98. The molecule has 0 atom stereocenters. The van der Waals surface area contributed by atoms with E-state index in [1.54, 1.807) is 55.1 Å². The van der Waals surface area contributed by atoms with E-state index in [1.165, 1.54) is 4.68 Å². The molecule has 156 valence electrons. The van der Waals surface area contributed by atoms with Gasteiger partial charge in [0.15, 0.2) is 5.82 Å². The van der Waals surface area contributed by atoms with Crippen LogP contribution in [0.2, 0.25) is 5.02 Å². The van der Waals surface area contributed by atoms with E-state index >= 15 is 0 Å². The summed E-state index contributed by atoms with van der Waals surface area (Å²) in [6, 6.07) is 12.3. The van der Waals surface area contributed by atoms with Crippen molar-refractivity contribution >= 4 is 23.4 Å². The Morgan fingerprint density at radius 1 is 1.19 bits per heavy atom. The summed E-state index contributed by atoms with van der Waals surface area (Å²) in [7, 11) is 0. The number of aromatic amines is 1. The molecular formula is C22H18ClN5O3. The minimum absolute atomic E-state index is 0.0170. The van der Waals surface area contributed by atoms with Gasteiger partial charge in [-0.3, -0.25) is 20.2 Å². The second kappa shape index (κ2) is 8.85. The van der Waals surface area contributed by atoms with Gasteiger partial charge >= 0.3 is 6.09 Å². The predicted molar refractivity (Wildman–Crippen MR) is 117 cm³/mol. The van der Waals surface area contributed by atoms with Crippen LogP contribution < -0.4 is 10.9 Å². The number of aryl methyl sites for hydroxylation is 1. The number of hydrogen-bond donors (Lipinski definition) is 2. The Balaban J connectivity index is 1.42. The van der Waals surface area contributed by atoms with Crippen LogP contribution in [0.4, 0.5) is 10.5 Å². The van der Waals surface area contributed by atoms with Crippen molar-refractivity contribution < 1.29 is 9.53 Å². The maximum Gasteiger partial charge on any atom is 0.412 e. The standard InChI is InChI=1S/C22H18ClN5O3/c1-14-4-2-6-18(23)20(14)27-22(30)31-13-15-7-8-19(25-10-15)28-21(29)17(12-26-28)16-5-3-9-24-11-16/h2-12,26H,13H2,1H3,(H,27,30). The van der Waals surface area contributed by atoms with E-state index in [0.717, 1.165) is 5.56 Å². The molecule has 2 N–H and O–H groups in total. The van der Waals surface area contributed by atoms with Crippen LogP contribution in [0, 0.1) is 6.92 Å². The molecule has 0 saturated carbocycles. The van der Waals surface area contributed by atoms with Crippen molar-refractivity contribution in [2.45, 2.75) is 13.5 Å². The molecule has 0 radical (unpaired) electrons. The summed E-state index contributed by atoms with van der Waals surface area (Å²) in [6.07, 6.45) is 5.80. The third-order valence-electron chi connectivity index (χ3n) is 4.60. The van der Waals surface area contributed by atoms with Crippen molar-refractivity contribution in [2.24, 2.45) is 0 Å². The number of H-pyrrole nitrogens is 1. The first-order valence-electron chi connectivity index (χ1n) is 9.38. The van der Waals surface area contributed by atoms with E-state index in [2.05, 4.69) is 20.4 Å². The molecule has 0 bridgehead atoms. The molecule has 0 unspecified atom stereocenters. The van der Waals surface area contributed by atoms with Gasteiger partial charge in [-0.2, -0.15) is 0 Å². The lowest BCUT2D eigenvalue weighted by Gasteiger charge is -2.11. The number of amides is 1. The fraction of sp³-hybridized carbons (Fsp3) is 0.0909. The fourth-order valence-electron chi connectivity index (χ4n) is 2.98. The third kappa shape index (κ3) is 4.49. The average Bonchev–Trinajstić information content (AvgIpc) is 3.17. The number of hydrogen-bond acceptors (Lipinski definition) is 5. The van der Waals surface area contributed by atoms with Crippen LogP contribution in [0.25, 0.3) is 16.9 Å². The molecule has 4 rings (SSSR count). The number of pyridine rings is 2. The molecule has 3 heterocycles. The van der Waals surface area contributed by atoms with Gasteiger partial charge in [-0.05, 0) is 30.7 Å². The molecule has 0 aliphatic heterocycles. The van der Waals surface area contributed by atoms with E-state index < -0.39 is 6.09 Å². The third-order valence-corrected chi connectivity index (χ3v) is 4.92. The first kappa shape index (κ1) is 20.4. The Labute approximate surface area is 182 Å². The van der Waals surface area contributed by atoms with Crippen LogP contribution >= 0.6 is 11.6 Å². The number of anilines is 1. The molecule has 9 heteroatoms. The van der Waals surface area contributed by atoms with Crippen LogP contribution in [0.15, 0.2) is 72.0 Å². The zero-order valence-corrected chi connectivity index (χ0v) is 17.3. The SMILES string of the molecule is Cc1cccc(Cl)c1NC(=O)OCc1ccc(-n2[nH]cc(-c3cccnc3)c2=O)nc1. The van der Waals surface area contributed by atoms with E-state index in [4.69, 9.17) is 16.3 Å². The van der Waals surface area contributed by atoms with Gasteiger partial charge in [0.25, 0.3) is 5.56 Å². The number of para-hydroxylation sites is 1. The smallest absolute Gasteiger partial charge is 0.412 e. The van der Waals surface area contributed by atoms with E-state index in [0.29, 0.717) is 33.2 Å². The lowest BCUT2D eigenvalue weighted by molar-refractivity contribution is 0.155. The molecule has 0 saturated heterocycles. The monoisotopic (exact) mass is 435 g/mol. The van der Waals surface area contributed by atoms with E-state index in [1.807, 2.05) is 19.1 Å². The molecule has 0 aliphatic rings. The maximum atomic E-state index is 12.7. The zero-order chi connectivity index (χ0) is 21.8. The van der Waals surface area contributed by atoms with Crippen LogP contribution in [0.3, 0.4) is 0 Å². The van der Waals surface area contributed by atoms with Gasteiger partial charge in [-0.15, -0.1) is 0 Å². The highest BCUT2D eigenvalue weighted by Gasteiger charge is 2.12. The Bertz CT molecular complexity index is 1250. The van der Waals surface area contributed by atoms with Gasteiger partial charge in [0.05, 0.1) is 16.3 Å². The van der Waals surface area contributed by atoms with Crippen molar-refractivity contribution in [3.8, 4) is 16.9 Å². The molecule has 4 aromatic rings. The predicted octanol–water partition coefficient (Wildman–Crippen LogP) is 4.33. The number of benzene rings is 1. The van der Waals surface area contributed by atoms with Gasteiger partial charge in [0.1, 0.15) is 6.61 Å². The maximum absolute atomic E-state index is 12.7. The van der Waals surface area contributed by atoms with E-state index in [-0.39, 0.29) is 12.2 Å². The number of nitrogens with zero attached hydrogens (tertiary/aromatic N) is 3. The normalized spacial score (nSPS) is 10.6. The lowest BCUT2D eigenvalue weighted by atomic mass is 10.2. The molecule has 0 spiro atoms. The van der Waals surface area contributed by atoms with Crippen LogP contribution in [-0.2, 0) is 11.3 Å². The summed E-state index contributed by atoms with van der Waals surface area (Å²) in [6.45, 7) is 1.86. The number of carbonyl (C=O) groups is 1. The Kier molecular flexibility index (Phi) is 5.81. The number of aromatic nitrogens is 4. The van der Waals surface area contributed by atoms with E-state index in [9.17, 15) is 9.59 Å². The highest BCUT2D eigenvalue weighted by Crippen LogP contribution is 2.25. The fourth-order valence-corrected chi connectivity index (χ4v) is 3.25. The Morgan fingerprint density at radius 3 is 2.77 bits per heavy atom. The summed E-state index contributed by atoms with van der Waals surface area (Å²) in [4.78, 5) is 33.1. The van der Waals surface area contributed by atoms with Crippen molar-refractivity contribution in [1.82, 2.24) is 19.7 Å². The van der Waals surface area contributed by atoms with Crippen molar-refractivity contribution in [2.75, 3.05) is 5.32 Å². The lowest BCUT2D eigenvalue weighted by Crippen LogP contribution is -2.17. The first-order chi connectivity index (χ1) is 15.0. The topological polar surface area (TPSA) is 102 Å². The molecule has 1 aromatic carbocycles. The van der Waals surface area contributed by atoms with Gasteiger partial charge in [-0.1, -0.05) is 35.9 Å². The van der Waals surface area contributed by atoms with Gasteiger partial charge in [0.2, 0.25) is 0 Å². The number of carbonyl (C=O) groups excluding carboxylic acids is 1. The molecule has 8 nitrogen and oxygen atoms in total. The molecule has 31 heavy (non-hydrogen) atoms. The molecule has 3 aromatic heterocycles. The molecule has 0 fully saturated rings. The van der Waals surface area contributed by atoms with Gasteiger partial charge in [-0.25, -0.2) is 14.5 Å². The molecule has 1 amide bonds. The van der Waals surface area contributed by atoms with Gasteiger partial charge in [0, 0.05) is 35.9 Å². The summed E-state index contributed by atoms with van der Waals surface area (Å²) in [5.74, 6) is 0.417. The van der Waals surface area contributed by atoms with Crippen LogP contribution in [0.5, 0.6) is 0 Å². The van der Waals surface area contributed by atoms with Crippen LogP contribution in [-0.4, -0.2) is 25.8 Å². The second-order valence-electron chi connectivity index (χ2n) is 6.73. The summed E-state index contributed by atoms with van der Waals surface area (Å²) < 4.78 is 6.57. The summed E-state index contributed by atoms with van der Waals surface area (Å²) in [5.41, 5.74) is 2.98. The number of nitrogens with one attached hydrogen (secondary N) is 2. The minimum Gasteiger partial charge on any atom is -0.444 e. The highest BCUT2D eigenvalue weighted by atomic mass is 35.5.